The van der Waals surface area contributed by atoms with Crippen molar-refractivity contribution in [1.82, 2.24) is 4.90 Å². The fraction of sp³-hybridized carbons (Fsp3) is 0.385. The standard InChI is InChI=1S/C13H13BrFNO3/c1-7(13(18)19)8-5-16(6-8)12(17)10-3-2-9(15)4-11(10)14/h2-4,7-8H,5-6H2,1H3,(H,18,19). The highest BCUT2D eigenvalue weighted by Crippen LogP contribution is 2.28. The molecule has 0 aliphatic carbocycles. The van der Waals surface area contributed by atoms with Crippen molar-refractivity contribution < 1.29 is 19.1 Å². The third-order valence-electron chi connectivity index (χ3n) is 3.46. The van der Waals surface area contributed by atoms with Gasteiger partial charge in [0.15, 0.2) is 0 Å². The van der Waals surface area contributed by atoms with E-state index in [1.165, 1.54) is 18.2 Å². The average Bonchev–Trinajstić information content (AvgIpc) is 2.26. The molecule has 1 unspecified atom stereocenters. The smallest absolute Gasteiger partial charge is 0.306 e. The van der Waals surface area contributed by atoms with Crippen LogP contribution in [0.4, 0.5) is 4.39 Å². The van der Waals surface area contributed by atoms with Crippen LogP contribution in [0, 0.1) is 17.7 Å². The van der Waals surface area contributed by atoms with E-state index in [2.05, 4.69) is 15.9 Å². The maximum Gasteiger partial charge on any atom is 0.306 e. The summed E-state index contributed by atoms with van der Waals surface area (Å²) in [7, 11) is 0. The first-order valence-corrected chi connectivity index (χ1v) is 6.66. The molecule has 2 rings (SSSR count). The van der Waals surface area contributed by atoms with Gasteiger partial charge in [-0.25, -0.2) is 4.39 Å². The van der Waals surface area contributed by atoms with Crippen molar-refractivity contribution >= 4 is 27.8 Å². The maximum atomic E-state index is 12.9. The minimum atomic E-state index is -0.847. The summed E-state index contributed by atoms with van der Waals surface area (Å²) < 4.78 is 13.4. The third-order valence-corrected chi connectivity index (χ3v) is 4.11. The summed E-state index contributed by atoms with van der Waals surface area (Å²) in [5, 5.41) is 8.88. The normalized spacial score (nSPS) is 16.9. The first kappa shape index (κ1) is 14.0. The zero-order valence-corrected chi connectivity index (χ0v) is 11.9. The number of likely N-dealkylation sites (tertiary alicyclic amines) is 1. The Morgan fingerprint density at radius 3 is 2.63 bits per heavy atom. The molecule has 1 heterocycles. The average molecular weight is 330 g/mol. The van der Waals surface area contributed by atoms with Crippen LogP contribution >= 0.6 is 15.9 Å². The summed E-state index contributed by atoms with van der Waals surface area (Å²) in [4.78, 5) is 24.5. The van der Waals surface area contributed by atoms with E-state index >= 15 is 0 Å². The van der Waals surface area contributed by atoms with Crippen LogP contribution in [-0.4, -0.2) is 35.0 Å². The Hall–Kier alpha value is -1.43. The van der Waals surface area contributed by atoms with Gasteiger partial charge in [0.1, 0.15) is 5.82 Å². The van der Waals surface area contributed by atoms with Crippen LogP contribution in [-0.2, 0) is 4.79 Å². The summed E-state index contributed by atoms with van der Waals surface area (Å²) in [5.41, 5.74) is 0.392. The second-order valence-corrected chi connectivity index (χ2v) is 5.58. The van der Waals surface area contributed by atoms with E-state index in [1.807, 2.05) is 0 Å². The lowest BCUT2D eigenvalue weighted by molar-refractivity contribution is -0.144. The van der Waals surface area contributed by atoms with Gasteiger partial charge in [-0.15, -0.1) is 0 Å². The monoisotopic (exact) mass is 329 g/mol. The number of rotatable bonds is 3. The first-order valence-electron chi connectivity index (χ1n) is 5.87. The number of hydrogen-bond donors (Lipinski definition) is 1. The van der Waals surface area contributed by atoms with Gasteiger partial charge in [-0.3, -0.25) is 9.59 Å². The summed E-state index contributed by atoms with van der Waals surface area (Å²) in [5.74, 6) is -1.94. The van der Waals surface area contributed by atoms with Crippen molar-refractivity contribution in [2.75, 3.05) is 13.1 Å². The minimum Gasteiger partial charge on any atom is -0.481 e. The van der Waals surface area contributed by atoms with Crippen LogP contribution in [0.1, 0.15) is 17.3 Å². The second kappa shape index (κ2) is 5.28. The van der Waals surface area contributed by atoms with Crippen molar-refractivity contribution in [1.29, 1.82) is 0 Å². The fourth-order valence-corrected chi connectivity index (χ4v) is 2.55. The molecule has 0 saturated carbocycles. The molecule has 1 N–H and O–H groups in total. The lowest BCUT2D eigenvalue weighted by atomic mass is 9.86. The van der Waals surface area contributed by atoms with Gasteiger partial charge in [0, 0.05) is 23.5 Å². The van der Waals surface area contributed by atoms with Crippen LogP contribution < -0.4 is 0 Å². The van der Waals surface area contributed by atoms with Gasteiger partial charge < -0.3 is 10.0 Å². The zero-order valence-electron chi connectivity index (χ0n) is 10.3. The molecule has 1 aliphatic heterocycles. The maximum absolute atomic E-state index is 12.9. The van der Waals surface area contributed by atoms with Gasteiger partial charge in [0.05, 0.1) is 11.5 Å². The highest BCUT2D eigenvalue weighted by Gasteiger charge is 2.37. The summed E-state index contributed by atoms with van der Waals surface area (Å²) in [6.07, 6.45) is 0. The van der Waals surface area contributed by atoms with Gasteiger partial charge >= 0.3 is 5.97 Å². The predicted octanol–water partition coefficient (Wildman–Crippen LogP) is 2.38. The number of aliphatic carboxylic acids is 1. The highest BCUT2D eigenvalue weighted by molar-refractivity contribution is 9.10. The third kappa shape index (κ3) is 2.78. The second-order valence-electron chi connectivity index (χ2n) is 4.72. The quantitative estimate of drug-likeness (QED) is 0.926. The topological polar surface area (TPSA) is 57.6 Å². The molecule has 0 bridgehead atoms. The van der Waals surface area contributed by atoms with Crippen LogP contribution in [0.3, 0.4) is 0 Å². The van der Waals surface area contributed by atoms with Crippen molar-refractivity contribution in [3.63, 3.8) is 0 Å². The van der Waals surface area contributed by atoms with Crippen LogP contribution in [0.5, 0.6) is 0 Å². The van der Waals surface area contributed by atoms with Crippen molar-refractivity contribution in [2.45, 2.75) is 6.92 Å². The van der Waals surface area contributed by atoms with E-state index in [1.54, 1.807) is 11.8 Å². The van der Waals surface area contributed by atoms with Gasteiger partial charge in [0.2, 0.25) is 0 Å². The molecule has 1 amide bonds. The van der Waals surface area contributed by atoms with Crippen LogP contribution in [0.15, 0.2) is 22.7 Å². The van der Waals surface area contributed by atoms with E-state index < -0.39 is 17.7 Å². The molecular formula is C13H13BrFNO3. The number of nitrogens with zero attached hydrogens (tertiary/aromatic N) is 1. The van der Waals surface area contributed by atoms with Crippen molar-refractivity contribution in [2.24, 2.45) is 11.8 Å². The number of carboxylic acids is 1. The molecule has 102 valence electrons. The Morgan fingerprint density at radius 1 is 1.47 bits per heavy atom. The molecule has 1 fully saturated rings. The largest absolute Gasteiger partial charge is 0.481 e. The first-order chi connectivity index (χ1) is 8.90. The molecule has 1 aromatic carbocycles. The van der Waals surface area contributed by atoms with Crippen LogP contribution in [0.25, 0.3) is 0 Å². The Bertz CT molecular complexity index is 529. The summed E-state index contributed by atoms with van der Waals surface area (Å²) >= 11 is 3.15. The van der Waals surface area contributed by atoms with Crippen molar-refractivity contribution in [3.05, 3.63) is 34.1 Å². The molecule has 0 spiro atoms. The molecule has 6 heteroatoms. The number of carboxylic acid groups (broad SMARTS) is 1. The van der Waals surface area contributed by atoms with E-state index in [-0.39, 0.29) is 11.8 Å². The minimum absolute atomic E-state index is 0.0133. The number of hydrogen-bond acceptors (Lipinski definition) is 2. The summed E-state index contributed by atoms with van der Waals surface area (Å²) in [6.45, 7) is 2.49. The van der Waals surface area contributed by atoms with E-state index in [9.17, 15) is 14.0 Å². The van der Waals surface area contributed by atoms with Gasteiger partial charge in [-0.2, -0.15) is 0 Å². The molecule has 1 saturated heterocycles. The Labute approximate surface area is 118 Å². The van der Waals surface area contributed by atoms with Crippen LogP contribution in [0.2, 0.25) is 0 Å². The molecule has 0 aromatic heterocycles. The molecule has 4 nitrogen and oxygen atoms in total. The van der Waals surface area contributed by atoms with E-state index in [0.717, 1.165) is 0 Å². The molecule has 1 atom stereocenters. The van der Waals surface area contributed by atoms with Crippen molar-refractivity contribution in [3.8, 4) is 0 Å². The number of amides is 1. The number of carbonyl (C=O) groups excluding carboxylic acids is 1. The van der Waals surface area contributed by atoms with Gasteiger partial charge in [-0.05, 0) is 34.1 Å². The molecule has 19 heavy (non-hydrogen) atoms. The zero-order chi connectivity index (χ0) is 14.2. The molecule has 1 aliphatic rings. The predicted molar refractivity (Wildman–Crippen MR) is 70.3 cm³/mol. The Kier molecular flexibility index (Phi) is 3.89. The lowest BCUT2D eigenvalue weighted by Gasteiger charge is -2.41. The molecular weight excluding hydrogens is 317 g/mol. The number of halogens is 2. The van der Waals surface area contributed by atoms with Gasteiger partial charge in [0.25, 0.3) is 5.91 Å². The number of benzene rings is 1. The Balaban J connectivity index is 2.02. The van der Waals surface area contributed by atoms with E-state index in [0.29, 0.717) is 23.1 Å². The number of carbonyl (C=O) groups is 2. The highest BCUT2D eigenvalue weighted by atomic mass is 79.9. The molecule has 0 radical (unpaired) electrons. The fourth-order valence-electron chi connectivity index (χ4n) is 2.03. The van der Waals surface area contributed by atoms with Gasteiger partial charge in [-0.1, -0.05) is 6.92 Å². The summed E-state index contributed by atoms with van der Waals surface area (Å²) in [6, 6.07) is 3.90. The SMILES string of the molecule is CC(C(=O)O)C1CN(C(=O)c2ccc(F)cc2Br)C1. The lowest BCUT2D eigenvalue weighted by Crippen LogP contribution is -2.53. The Morgan fingerprint density at radius 2 is 2.11 bits per heavy atom. The molecule has 1 aromatic rings. The van der Waals surface area contributed by atoms with E-state index in [4.69, 9.17) is 5.11 Å².